The van der Waals surface area contributed by atoms with Crippen molar-refractivity contribution in [3.8, 4) is 0 Å². The zero-order chi connectivity index (χ0) is 20.6. The van der Waals surface area contributed by atoms with Gasteiger partial charge in [0.25, 0.3) is 5.91 Å². The molecule has 0 aromatic heterocycles. The van der Waals surface area contributed by atoms with E-state index in [1.165, 1.54) is 31.2 Å². The lowest BCUT2D eigenvalue weighted by atomic mass is 10.3. The van der Waals surface area contributed by atoms with Crippen molar-refractivity contribution in [3.05, 3.63) is 28.7 Å². The lowest BCUT2D eigenvalue weighted by Gasteiger charge is -2.18. The Balaban J connectivity index is 2.74. The third-order valence-corrected chi connectivity index (χ3v) is 5.14. The summed E-state index contributed by atoms with van der Waals surface area (Å²) in [6, 6.07) is 3.20. The van der Waals surface area contributed by atoms with E-state index in [4.69, 9.17) is 4.74 Å². The highest BCUT2D eigenvalue weighted by atomic mass is 79.9. The molecule has 150 valence electrons. The topological polar surface area (TPSA) is 151 Å². The zero-order valence-electron chi connectivity index (χ0n) is 14.6. The summed E-state index contributed by atoms with van der Waals surface area (Å²) in [7, 11) is -4.11. The monoisotopic (exact) mass is 465 g/mol. The summed E-state index contributed by atoms with van der Waals surface area (Å²) in [6.07, 6.45) is -1.38. The number of amides is 3. The smallest absolute Gasteiger partial charge is 0.327 e. The number of aliphatic hydroxyl groups is 1. The van der Waals surface area contributed by atoms with Gasteiger partial charge in [0.1, 0.15) is 6.04 Å². The molecule has 12 heteroatoms. The van der Waals surface area contributed by atoms with Crippen molar-refractivity contribution in [2.75, 3.05) is 13.2 Å². The molecule has 0 bridgehead atoms. The number of hydrogen-bond acceptors (Lipinski definition) is 7. The molecule has 0 fully saturated rings. The molecule has 0 spiro atoms. The van der Waals surface area contributed by atoms with Gasteiger partial charge in [0.2, 0.25) is 10.0 Å². The average Bonchev–Trinajstić information content (AvgIpc) is 2.60. The Labute approximate surface area is 164 Å². The first-order valence-corrected chi connectivity index (χ1v) is 10.1. The maximum absolute atomic E-state index is 12.3. The van der Waals surface area contributed by atoms with Crippen molar-refractivity contribution in [1.29, 1.82) is 0 Å². The standard InChI is InChI=1S/C15H20BrN3O7S/c1-3-17-15(23)18-13(21)9(2)26-14(22)12(8-20)19-27(24,25)11-6-4-10(16)5-7-11/h4-7,9,12,19-20H,3,8H2,1-2H3,(H2,17,18,21,23). The summed E-state index contributed by atoms with van der Waals surface area (Å²) in [5, 5.41) is 13.6. The van der Waals surface area contributed by atoms with Crippen LogP contribution in [0, 0.1) is 0 Å². The van der Waals surface area contributed by atoms with Crippen molar-refractivity contribution < 1.29 is 32.6 Å². The van der Waals surface area contributed by atoms with Crippen LogP contribution in [0.1, 0.15) is 13.8 Å². The quantitative estimate of drug-likeness (QED) is 0.390. The fourth-order valence-corrected chi connectivity index (χ4v) is 3.20. The number of nitrogens with one attached hydrogen (secondary N) is 3. The fraction of sp³-hybridized carbons (Fsp3) is 0.400. The van der Waals surface area contributed by atoms with Crippen molar-refractivity contribution >= 4 is 43.9 Å². The van der Waals surface area contributed by atoms with E-state index in [2.05, 4.69) is 21.2 Å². The molecule has 0 heterocycles. The van der Waals surface area contributed by atoms with Gasteiger partial charge in [-0.25, -0.2) is 13.2 Å². The van der Waals surface area contributed by atoms with Gasteiger partial charge in [-0.15, -0.1) is 0 Å². The van der Waals surface area contributed by atoms with E-state index < -0.39 is 46.7 Å². The molecule has 0 radical (unpaired) electrons. The van der Waals surface area contributed by atoms with Gasteiger partial charge in [-0.1, -0.05) is 15.9 Å². The molecular weight excluding hydrogens is 446 g/mol. The predicted octanol–water partition coefficient (Wildman–Crippen LogP) is -0.134. The number of benzene rings is 1. The lowest BCUT2D eigenvalue weighted by molar-refractivity contribution is -0.156. The second-order valence-electron chi connectivity index (χ2n) is 5.24. The molecule has 0 aliphatic heterocycles. The average molecular weight is 466 g/mol. The molecule has 1 aromatic rings. The van der Waals surface area contributed by atoms with Gasteiger partial charge in [-0.05, 0) is 38.1 Å². The Morgan fingerprint density at radius 1 is 1.22 bits per heavy atom. The highest BCUT2D eigenvalue weighted by Gasteiger charge is 2.29. The van der Waals surface area contributed by atoms with E-state index in [0.29, 0.717) is 4.47 Å². The molecule has 0 aliphatic rings. The number of carbonyl (C=O) groups is 3. The first-order chi connectivity index (χ1) is 12.6. The summed E-state index contributed by atoms with van der Waals surface area (Å²) < 4.78 is 32.0. The molecular formula is C15H20BrN3O7S. The maximum atomic E-state index is 12.3. The van der Waals surface area contributed by atoms with Gasteiger partial charge in [0.15, 0.2) is 6.10 Å². The first-order valence-electron chi connectivity index (χ1n) is 7.78. The second kappa shape index (κ2) is 10.3. The fourth-order valence-electron chi connectivity index (χ4n) is 1.76. The van der Waals surface area contributed by atoms with E-state index >= 15 is 0 Å². The zero-order valence-corrected chi connectivity index (χ0v) is 17.0. The number of rotatable bonds is 8. The van der Waals surface area contributed by atoms with Crippen LogP contribution >= 0.6 is 15.9 Å². The number of halogens is 1. The van der Waals surface area contributed by atoms with Crippen LogP contribution in [0.5, 0.6) is 0 Å². The van der Waals surface area contributed by atoms with Crippen LogP contribution < -0.4 is 15.4 Å². The molecule has 2 unspecified atom stereocenters. The molecule has 1 rings (SSSR count). The van der Waals surface area contributed by atoms with Gasteiger partial charge in [0, 0.05) is 11.0 Å². The van der Waals surface area contributed by atoms with Gasteiger partial charge < -0.3 is 15.2 Å². The summed E-state index contributed by atoms with van der Waals surface area (Å²) in [5.41, 5.74) is 0. The number of imide groups is 1. The summed E-state index contributed by atoms with van der Waals surface area (Å²) in [6.45, 7) is 2.25. The summed E-state index contributed by atoms with van der Waals surface area (Å²) in [4.78, 5) is 35.0. The van der Waals surface area contributed by atoms with Gasteiger partial charge >= 0.3 is 12.0 Å². The minimum absolute atomic E-state index is 0.126. The van der Waals surface area contributed by atoms with Crippen LogP contribution in [0.3, 0.4) is 0 Å². The molecule has 0 saturated carbocycles. The van der Waals surface area contributed by atoms with Gasteiger partial charge in [-0.2, -0.15) is 4.72 Å². The number of sulfonamides is 1. The Kier molecular flexibility index (Phi) is 8.82. The highest BCUT2D eigenvalue weighted by Crippen LogP contribution is 2.15. The van der Waals surface area contributed by atoms with E-state index in [9.17, 15) is 27.9 Å². The molecule has 10 nitrogen and oxygen atoms in total. The largest absolute Gasteiger partial charge is 0.451 e. The second-order valence-corrected chi connectivity index (χ2v) is 7.87. The number of aliphatic hydroxyl groups excluding tert-OH is 1. The third-order valence-electron chi connectivity index (χ3n) is 3.12. The van der Waals surface area contributed by atoms with Crippen LogP contribution in [0.15, 0.2) is 33.6 Å². The van der Waals surface area contributed by atoms with E-state index in [1.54, 1.807) is 6.92 Å². The third kappa shape index (κ3) is 7.25. The minimum Gasteiger partial charge on any atom is -0.451 e. The molecule has 27 heavy (non-hydrogen) atoms. The predicted molar refractivity (Wildman–Crippen MR) is 98.1 cm³/mol. The van der Waals surface area contributed by atoms with Crippen molar-refractivity contribution in [1.82, 2.24) is 15.4 Å². The lowest BCUT2D eigenvalue weighted by Crippen LogP contribution is -2.48. The maximum Gasteiger partial charge on any atom is 0.327 e. The SMILES string of the molecule is CCNC(=O)NC(=O)C(C)OC(=O)C(CO)NS(=O)(=O)c1ccc(Br)cc1. The van der Waals surface area contributed by atoms with E-state index in [1.807, 2.05) is 10.0 Å². The molecule has 3 amide bonds. The van der Waals surface area contributed by atoms with E-state index in [0.717, 1.165) is 0 Å². The molecule has 1 aromatic carbocycles. The van der Waals surface area contributed by atoms with Crippen LogP contribution in [0.2, 0.25) is 0 Å². The summed E-state index contributed by atoms with van der Waals surface area (Å²) >= 11 is 3.17. The Morgan fingerprint density at radius 2 is 1.81 bits per heavy atom. The summed E-state index contributed by atoms with van der Waals surface area (Å²) in [5.74, 6) is -2.07. The number of carbonyl (C=O) groups excluding carboxylic acids is 3. The number of esters is 1. The van der Waals surface area contributed by atoms with Crippen molar-refractivity contribution in [3.63, 3.8) is 0 Å². The normalized spacial score (nSPS) is 13.3. The van der Waals surface area contributed by atoms with E-state index in [-0.39, 0.29) is 11.4 Å². The van der Waals surface area contributed by atoms with Crippen LogP contribution in [-0.4, -0.2) is 56.7 Å². The number of ether oxygens (including phenoxy) is 1. The van der Waals surface area contributed by atoms with Crippen molar-refractivity contribution in [2.24, 2.45) is 0 Å². The highest BCUT2D eigenvalue weighted by molar-refractivity contribution is 9.10. The van der Waals surface area contributed by atoms with Crippen molar-refractivity contribution in [2.45, 2.75) is 30.9 Å². The van der Waals surface area contributed by atoms with Gasteiger partial charge in [0.05, 0.1) is 11.5 Å². The minimum atomic E-state index is -4.11. The molecule has 0 saturated heterocycles. The number of urea groups is 1. The van der Waals surface area contributed by atoms with Crippen LogP contribution in [0.25, 0.3) is 0 Å². The number of hydrogen-bond donors (Lipinski definition) is 4. The molecule has 2 atom stereocenters. The van der Waals surface area contributed by atoms with Gasteiger partial charge in [-0.3, -0.25) is 14.9 Å². The van der Waals surface area contributed by atoms with Crippen LogP contribution in [0.4, 0.5) is 4.79 Å². The molecule has 4 N–H and O–H groups in total. The first kappa shape index (κ1) is 23.0. The Morgan fingerprint density at radius 3 is 2.33 bits per heavy atom. The molecule has 0 aliphatic carbocycles. The Bertz CT molecular complexity index is 783. The van der Waals surface area contributed by atoms with Crippen LogP contribution in [-0.2, 0) is 24.3 Å². The Hall–Kier alpha value is -2.02.